The molecule has 186 valence electrons. The second kappa shape index (κ2) is 11.8. The van der Waals surface area contributed by atoms with Crippen molar-refractivity contribution in [3.05, 3.63) is 71.4 Å². The summed E-state index contributed by atoms with van der Waals surface area (Å²) in [7, 11) is 0. The third kappa shape index (κ3) is 7.40. The zero-order valence-electron chi connectivity index (χ0n) is 19.0. The van der Waals surface area contributed by atoms with Gasteiger partial charge in [-0.1, -0.05) is 23.9 Å². The Hall–Kier alpha value is -3.69. The summed E-state index contributed by atoms with van der Waals surface area (Å²) in [6.07, 6.45) is 0. The van der Waals surface area contributed by atoms with E-state index in [1.54, 1.807) is 38.1 Å². The minimum atomic E-state index is -4.40. The van der Waals surface area contributed by atoms with E-state index in [0.717, 1.165) is 11.8 Å². The lowest BCUT2D eigenvalue weighted by Gasteiger charge is -2.14. The van der Waals surface area contributed by atoms with Gasteiger partial charge in [0.2, 0.25) is 0 Å². The van der Waals surface area contributed by atoms with E-state index >= 15 is 0 Å². The Morgan fingerprint density at radius 3 is 2.44 bits per heavy atom. The van der Waals surface area contributed by atoms with Crippen LogP contribution in [0.1, 0.15) is 28.5 Å². The molecule has 1 aromatic heterocycles. The third-order valence-electron chi connectivity index (χ3n) is 4.48. The maximum absolute atomic E-state index is 12.6. The molecule has 2 aromatic carbocycles. The number of carbonyl (C=O) groups is 2. The van der Waals surface area contributed by atoms with Crippen molar-refractivity contribution in [3.63, 3.8) is 0 Å². The molecule has 0 aliphatic heterocycles. The molecule has 12 heteroatoms. The summed E-state index contributed by atoms with van der Waals surface area (Å²) in [6, 6.07) is 14.8. The molecule has 0 spiro atoms. The number of ether oxygens (including phenoxy) is 1. The van der Waals surface area contributed by atoms with Crippen LogP contribution in [0.3, 0.4) is 0 Å². The van der Waals surface area contributed by atoms with Crippen LogP contribution in [0.25, 0.3) is 0 Å². The van der Waals surface area contributed by atoms with Crippen molar-refractivity contribution < 1.29 is 27.5 Å². The molecule has 36 heavy (non-hydrogen) atoms. The summed E-state index contributed by atoms with van der Waals surface area (Å²) in [4.78, 5) is 30.0. The number of urea groups is 1. The first-order chi connectivity index (χ1) is 17.1. The summed E-state index contributed by atoms with van der Waals surface area (Å²) in [5.41, 5.74) is -2.89. The highest BCUT2D eigenvalue weighted by Gasteiger charge is 2.29. The monoisotopic (exact) mass is 532 g/mol. The van der Waals surface area contributed by atoms with Crippen molar-refractivity contribution in [3.8, 4) is 6.07 Å². The molecule has 0 unspecified atom stereocenters. The number of amides is 2. The van der Waals surface area contributed by atoms with E-state index in [-0.39, 0.29) is 34.4 Å². The number of esters is 1. The largest absolute Gasteiger partial charge is 0.462 e. The molecule has 0 saturated heterocycles. The molecule has 0 radical (unpaired) electrons. The Balaban J connectivity index is 1.79. The summed E-state index contributed by atoms with van der Waals surface area (Å²) in [5.74, 6) is -0.626. The molecule has 1 heterocycles. The molecule has 0 aliphatic carbocycles. The second-order valence-corrected chi connectivity index (χ2v) is 9.22. The van der Waals surface area contributed by atoms with Crippen molar-refractivity contribution in [2.24, 2.45) is 0 Å². The zero-order chi connectivity index (χ0) is 26.3. The number of hydrogen-bond acceptors (Lipinski definition) is 7. The van der Waals surface area contributed by atoms with E-state index < -0.39 is 17.5 Å². The number of anilines is 2. The van der Waals surface area contributed by atoms with Gasteiger partial charge in [-0.15, -0.1) is 0 Å². The number of nitrogens with one attached hydrogen (secondary N) is 2. The minimum absolute atomic E-state index is 0.00202. The van der Waals surface area contributed by atoms with E-state index in [2.05, 4.69) is 15.6 Å². The number of thioether (sulfide) groups is 1. The van der Waals surface area contributed by atoms with E-state index in [9.17, 15) is 28.0 Å². The van der Waals surface area contributed by atoms with E-state index in [1.165, 1.54) is 30.3 Å². The Bertz CT molecular complexity index is 1310. The normalized spacial score (nSPS) is 10.9. The maximum atomic E-state index is 12.6. The Morgan fingerprint density at radius 2 is 1.81 bits per heavy atom. The summed E-state index contributed by atoms with van der Waals surface area (Å²) < 4.78 is 42.6. The Labute approximate surface area is 213 Å². The fourth-order valence-electron chi connectivity index (χ4n) is 2.92. The smallest absolute Gasteiger partial charge is 0.446 e. The molecule has 0 atom stereocenters. The van der Waals surface area contributed by atoms with Crippen molar-refractivity contribution in [2.75, 3.05) is 17.2 Å². The number of rotatable bonds is 7. The van der Waals surface area contributed by atoms with Crippen LogP contribution in [-0.4, -0.2) is 29.1 Å². The molecule has 3 rings (SSSR count). The zero-order valence-corrected chi connectivity index (χ0v) is 20.6. The van der Waals surface area contributed by atoms with Gasteiger partial charge >= 0.3 is 17.5 Å². The highest BCUT2D eigenvalue weighted by molar-refractivity contribution is 8.00. The first kappa shape index (κ1) is 26.9. The van der Waals surface area contributed by atoms with E-state index in [0.29, 0.717) is 27.0 Å². The van der Waals surface area contributed by atoms with Gasteiger partial charge in [-0.05, 0) is 68.1 Å². The quantitative estimate of drug-likeness (QED) is 0.253. The average molecular weight is 533 g/mol. The predicted octanol–water partition coefficient (Wildman–Crippen LogP) is 6.85. The number of halogens is 3. The molecular weight excluding hydrogens is 513 g/mol. The van der Waals surface area contributed by atoms with Gasteiger partial charge in [0.15, 0.2) is 0 Å². The fourth-order valence-corrected chi connectivity index (χ4v) is 4.48. The Morgan fingerprint density at radius 1 is 1.11 bits per heavy atom. The number of benzene rings is 2. The molecule has 2 amide bonds. The first-order valence-corrected chi connectivity index (χ1v) is 12.0. The Kier molecular flexibility index (Phi) is 8.84. The van der Waals surface area contributed by atoms with Crippen LogP contribution < -0.4 is 10.6 Å². The van der Waals surface area contributed by atoms with Crippen molar-refractivity contribution in [2.45, 2.75) is 34.2 Å². The molecule has 0 bridgehead atoms. The lowest BCUT2D eigenvalue weighted by Crippen LogP contribution is -2.19. The standard InChI is InChI=1S/C24H19F3N4O3S2/c1-3-34-22(32)18-12-15(13-28)14(2)29-21(18)35-20-7-5-4-6-19(20)31-23(33)30-16-8-10-17(11-9-16)36-24(25,26)27/h4-12H,3H2,1-2H3,(H2,30,31,33). The minimum Gasteiger partial charge on any atom is -0.462 e. The van der Waals surface area contributed by atoms with Gasteiger partial charge in [0, 0.05) is 15.5 Å². The number of nitrogens with zero attached hydrogens (tertiary/aromatic N) is 2. The topological polar surface area (TPSA) is 104 Å². The number of pyridine rings is 1. The van der Waals surface area contributed by atoms with Gasteiger partial charge in [-0.2, -0.15) is 18.4 Å². The number of alkyl halides is 3. The molecule has 7 nitrogen and oxygen atoms in total. The predicted molar refractivity (Wildman–Crippen MR) is 131 cm³/mol. The van der Waals surface area contributed by atoms with Crippen LogP contribution in [0.5, 0.6) is 0 Å². The SMILES string of the molecule is CCOC(=O)c1cc(C#N)c(C)nc1Sc1ccccc1NC(=O)Nc1ccc(SC(F)(F)F)cc1. The van der Waals surface area contributed by atoms with Gasteiger partial charge in [-0.25, -0.2) is 14.6 Å². The number of para-hydroxylation sites is 1. The molecule has 2 N–H and O–H groups in total. The number of aromatic nitrogens is 1. The van der Waals surface area contributed by atoms with Gasteiger partial charge in [0.25, 0.3) is 0 Å². The highest BCUT2D eigenvalue weighted by atomic mass is 32.2. The lowest BCUT2D eigenvalue weighted by atomic mass is 10.1. The number of nitriles is 1. The van der Waals surface area contributed by atoms with Crippen LogP contribution in [0, 0.1) is 18.3 Å². The molecule has 0 fully saturated rings. The van der Waals surface area contributed by atoms with Crippen LogP contribution >= 0.6 is 23.5 Å². The van der Waals surface area contributed by atoms with Crippen LogP contribution in [0.2, 0.25) is 0 Å². The van der Waals surface area contributed by atoms with E-state index in [4.69, 9.17) is 4.74 Å². The van der Waals surface area contributed by atoms with Crippen LogP contribution in [-0.2, 0) is 4.74 Å². The van der Waals surface area contributed by atoms with Gasteiger partial charge < -0.3 is 15.4 Å². The fraction of sp³-hybridized carbons (Fsp3) is 0.167. The number of hydrogen-bond donors (Lipinski definition) is 2. The van der Waals surface area contributed by atoms with Crippen LogP contribution in [0.15, 0.2) is 69.4 Å². The first-order valence-electron chi connectivity index (χ1n) is 10.4. The lowest BCUT2D eigenvalue weighted by molar-refractivity contribution is -0.0328. The molecule has 0 saturated carbocycles. The highest BCUT2D eigenvalue weighted by Crippen LogP contribution is 2.37. The van der Waals surface area contributed by atoms with Gasteiger partial charge in [0.1, 0.15) is 11.1 Å². The van der Waals surface area contributed by atoms with Gasteiger partial charge in [-0.3, -0.25) is 0 Å². The number of aryl methyl sites for hydroxylation is 1. The average Bonchev–Trinajstić information content (AvgIpc) is 2.81. The molecule has 3 aromatic rings. The van der Waals surface area contributed by atoms with Crippen molar-refractivity contribution in [1.29, 1.82) is 5.26 Å². The molecular formula is C24H19F3N4O3S2. The third-order valence-corrected chi connectivity index (χ3v) is 6.30. The van der Waals surface area contributed by atoms with E-state index in [1.807, 2.05) is 6.07 Å². The summed E-state index contributed by atoms with van der Waals surface area (Å²) >= 11 is 0.866. The van der Waals surface area contributed by atoms with Gasteiger partial charge in [0.05, 0.1) is 29.1 Å². The summed E-state index contributed by atoms with van der Waals surface area (Å²) in [5, 5.41) is 14.9. The van der Waals surface area contributed by atoms with Crippen molar-refractivity contribution in [1.82, 2.24) is 4.98 Å². The van der Waals surface area contributed by atoms with Crippen molar-refractivity contribution >= 4 is 46.9 Å². The number of carbonyl (C=O) groups excluding carboxylic acids is 2. The second-order valence-electron chi connectivity index (χ2n) is 7.06. The maximum Gasteiger partial charge on any atom is 0.446 e. The van der Waals surface area contributed by atoms with Crippen LogP contribution in [0.4, 0.5) is 29.3 Å². The summed E-state index contributed by atoms with van der Waals surface area (Å²) in [6.45, 7) is 3.46. The molecule has 0 aliphatic rings.